The highest BCUT2D eigenvalue weighted by Gasteiger charge is 2.27. The summed E-state index contributed by atoms with van der Waals surface area (Å²) >= 11 is 0. The van der Waals surface area contributed by atoms with Crippen molar-refractivity contribution >= 4 is 11.8 Å². The fraction of sp³-hybridized carbons (Fsp3) is 0.391. The molecule has 0 radical (unpaired) electrons. The van der Waals surface area contributed by atoms with Crippen molar-refractivity contribution in [2.45, 2.75) is 59.2 Å². The number of halogens is 1. The number of hydrogen-bond donors (Lipinski definition) is 1. The van der Waals surface area contributed by atoms with Crippen LogP contribution in [0.2, 0.25) is 0 Å². The Morgan fingerprint density at radius 3 is 2.46 bits per heavy atom. The van der Waals surface area contributed by atoms with Crippen LogP contribution in [-0.4, -0.2) is 28.8 Å². The summed E-state index contributed by atoms with van der Waals surface area (Å²) in [5, 5.41) is 2.93. The SMILES string of the molecule is CCC(C)NC(=O)C(C)N(Cc1cccc(C)c1)C(=O)Cc1ccccc1F. The minimum Gasteiger partial charge on any atom is -0.352 e. The van der Waals surface area contributed by atoms with Crippen LogP contribution < -0.4 is 5.32 Å². The molecule has 2 amide bonds. The summed E-state index contributed by atoms with van der Waals surface area (Å²) in [5.41, 5.74) is 2.34. The van der Waals surface area contributed by atoms with Crippen molar-refractivity contribution in [3.8, 4) is 0 Å². The maximum Gasteiger partial charge on any atom is 0.242 e. The standard InChI is InChI=1S/C23H29FN2O2/c1-5-17(3)25-23(28)18(4)26(15-19-10-8-9-16(2)13-19)22(27)14-20-11-6-7-12-21(20)24/h6-13,17-18H,5,14-15H2,1-4H3,(H,25,28). The maximum absolute atomic E-state index is 14.0. The lowest BCUT2D eigenvalue weighted by Gasteiger charge is -2.30. The molecule has 1 N–H and O–H groups in total. The molecule has 0 fully saturated rings. The predicted octanol–water partition coefficient (Wildman–Crippen LogP) is 4.01. The molecule has 0 aliphatic carbocycles. The van der Waals surface area contributed by atoms with Gasteiger partial charge in [0.25, 0.3) is 0 Å². The monoisotopic (exact) mass is 384 g/mol. The van der Waals surface area contributed by atoms with Gasteiger partial charge in [0.05, 0.1) is 6.42 Å². The van der Waals surface area contributed by atoms with E-state index in [1.807, 2.05) is 45.0 Å². The third-order valence-electron chi connectivity index (χ3n) is 4.90. The second kappa shape index (κ2) is 10.0. The first-order valence-electron chi connectivity index (χ1n) is 9.70. The minimum absolute atomic E-state index is 0.0254. The van der Waals surface area contributed by atoms with Crippen molar-refractivity contribution in [1.29, 1.82) is 0 Å². The molecule has 5 heteroatoms. The molecular formula is C23H29FN2O2. The van der Waals surface area contributed by atoms with Crippen LogP contribution >= 0.6 is 0 Å². The van der Waals surface area contributed by atoms with Crippen LogP contribution in [0.1, 0.15) is 43.9 Å². The molecule has 2 unspecified atom stereocenters. The van der Waals surface area contributed by atoms with Crippen LogP contribution in [0, 0.1) is 12.7 Å². The van der Waals surface area contributed by atoms with Crippen molar-refractivity contribution in [2.24, 2.45) is 0 Å². The van der Waals surface area contributed by atoms with Gasteiger partial charge in [0.2, 0.25) is 11.8 Å². The first-order chi connectivity index (χ1) is 13.3. The number of nitrogens with zero attached hydrogens (tertiary/aromatic N) is 1. The summed E-state index contributed by atoms with van der Waals surface area (Å²) in [4.78, 5) is 27.2. The zero-order valence-corrected chi connectivity index (χ0v) is 17.0. The van der Waals surface area contributed by atoms with E-state index in [0.717, 1.165) is 17.5 Å². The number of hydrogen-bond acceptors (Lipinski definition) is 2. The number of nitrogens with one attached hydrogen (secondary N) is 1. The Bertz CT molecular complexity index is 822. The van der Waals surface area contributed by atoms with E-state index in [0.29, 0.717) is 12.1 Å². The Morgan fingerprint density at radius 2 is 1.82 bits per heavy atom. The number of rotatable bonds is 8. The van der Waals surface area contributed by atoms with Crippen molar-refractivity contribution in [3.63, 3.8) is 0 Å². The molecule has 0 aromatic heterocycles. The lowest BCUT2D eigenvalue weighted by atomic mass is 10.1. The quantitative estimate of drug-likeness (QED) is 0.748. The van der Waals surface area contributed by atoms with Crippen molar-refractivity contribution in [1.82, 2.24) is 10.2 Å². The number of carbonyl (C=O) groups is 2. The van der Waals surface area contributed by atoms with Gasteiger partial charge >= 0.3 is 0 Å². The second-order valence-corrected chi connectivity index (χ2v) is 7.27. The lowest BCUT2D eigenvalue weighted by Crippen LogP contribution is -2.50. The molecule has 0 heterocycles. The van der Waals surface area contributed by atoms with E-state index in [2.05, 4.69) is 5.32 Å². The Morgan fingerprint density at radius 1 is 1.11 bits per heavy atom. The molecule has 0 saturated heterocycles. The molecule has 28 heavy (non-hydrogen) atoms. The topological polar surface area (TPSA) is 49.4 Å². The van der Waals surface area contributed by atoms with Gasteiger partial charge in [-0.15, -0.1) is 0 Å². The molecular weight excluding hydrogens is 355 g/mol. The summed E-state index contributed by atoms with van der Waals surface area (Å²) in [6.07, 6.45) is 0.721. The van der Waals surface area contributed by atoms with Crippen LogP contribution in [0.25, 0.3) is 0 Å². The summed E-state index contributed by atoms with van der Waals surface area (Å²) in [6, 6.07) is 13.4. The second-order valence-electron chi connectivity index (χ2n) is 7.27. The van der Waals surface area contributed by atoms with Crippen molar-refractivity contribution in [3.05, 3.63) is 71.0 Å². The van der Waals surface area contributed by atoms with E-state index in [1.54, 1.807) is 25.1 Å². The molecule has 2 aromatic rings. The Balaban J connectivity index is 2.25. The third-order valence-corrected chi connectivity index (χ3v) is 4.90. The fourth-order valence-corrected chi connectivity index (χ4v) is 2.96. The summed E-state index contributed by atoms with van der Waals surface area (Å²) in [7, 11) is 0. The van der Waals surface area contributed by atoms with Gasteiger partial charge < -0.3 is 10.2 Å². The average molecular weight is 384 g/mol. The predicted molar refractivity (Wildman–Crippen MR) is 109 cm³/mol. The van der Waals surface area contributed by atoms with E-state index in [-0.39, 0.29) is 24.3 Å². The molecule has 4 nitrogen and oxygen atoms in total. The highest BCUT2D eigenvalue weighted by molar-refractivity contribution is 5.88. The average Bonchev–Trinajstić information content (AvgIpc) is 2.67. The van der Waals surface area contributed by atoms with E-state index in [9.17, 15) is 14.0 Å². The molecule has 0 saturated carbocycles. The Hall–Kier alpha value is -2.69. The van der Waals surface area contributed by atoms with Crippen molar-refractivity contribution in [2.75, 3.05) is 0 Å². The third kappa shape index (κ3) is 5.91. The van der Waals surface area contributed by atoms with Gasteiger partial charge in [-0.1, -0.05) is 55.0 Å². The van der Waals surface area contributed by atoms with Gasteiger partial charge in [0.1, 0.15) is 11.9 Å². The van der Waals surface area contributed by atoms with Crippen LogP contribution in [0.15, 0.2) is 48.5 Å². The Kier molecular flexibility index (Phi) is 7.73. The molecule has 150 valence electrons. The summed E-state index contributed by atoms with van der Waals surface area (Å²) < 4.78 is 14.0. The Labute approximate surface area is 166 Å². The number of aryl methyl sites for hydroxylation is 1. The first-order valence-corrected chi connectivity index (χ1v) is 9.70. The molecule has 2 aromatic carbocycles. The van der Waals surface area contributed by atoms with Gasteiger partial charge in [0, 0.05) is 12.6 Å². The summed E-state index contributed by atoms with van der Waals surface area (Å²) in [6.45, 7) is 7.91. The largest absolute Gasteiger partial charge is 0.352 e. The minimum atomic E-state index is -0.659. The van der Waals surface area contributed by atoms with Crippen LogP contribution in [0.4, 0.5) is 4.39 Å². The molecule has 0 aliphatic heterocycles. The highest BCUT2D eigenvalue weighted by Crippen LogP contribution is 2.15. The van der Waals surface area contributed by atoms with Gasteiger partial charge in [0.15, 0.2) is 0 Å². The van der Waals surface area contributed by atoms with Gasteiger partial charge in [-0.3, -0.25) is 9.59 Å². The van der Waals surface area contributed by atoms with Gasteiger partial charge in [-0.2, -0.15) is 0 Å². The van der Waals surface area contributed by atoms with Crippen LogP contribution in [0.3, 0.4) is 0 Å². The molecule has 2 atom stereocenters. The zero-order valence-electron chi connectivity index (χ0n) is 17.0. The van der Waals surface area contributed by atoms with Crippen LogP contribution in [0.5, 0.6) is 0 Å². The van der Waals surface area contributed by atoms with E-state index < -0.39 is 11.9 Å². The molecule has 0 bridgehead atoms. The number of benzene rings is 2. The zero-order chi connectivity index (χ0) is 20.7. The number of carbonyl (C=O) groups excluding carboxylic acids is 2. The van der Waals surface area contributed by atoms with Gasteiger partial charge in [-0.05, 0) is 44.4 Å². The molecule has 0 spiro atoms. The molecule has 2 rings (SSSR count). The van der Waals surface area contributed by atoms with Crippen molar-refractivity contribution < 1.29 is 14.0 Å². The number of amides is 2. The normalized spacial score (nSPS) is 12.9. The van der Waals surface area contributed by atoms with Gasteiger partial charge in [-0.25, -0.2) is 4.39 Å². The molecule has 0 aliphatic rings. The van der Waals surface area contributed by atoms with E-state index in [1.165, 1.54) is 11.0 Å². The van der Waals surface area contributed by atoms with Crippen LogP contribution in [-0.2, 0) is 22.6 Å². The smallest absolute Gasteiger partial charge is 0.242 e. The highest BCUT2D eigenvalue weighted by atomic mass is 19.1. The first kappa shape index (κ1) is 21.6. The van der Waals surface area contributed by atoms with E-state index in [4.69, 9.17) is 0 Å². The fourth-order valence-electron chi connectivity index (χ4n) is 2.96. The van der Waals surface area contributed by atoms with E-state index >= 15 is 0 Å². The summed E-state index contributed by atoms with van der Waals surface area (Å²) in [5.74, 6) is -0.898. The maximum atomic E-state index is 14.0. The lowest BCUT2D eigenvalue weighted by molar-refractivity contribution is -0.140.